The molecule has 1 aliphatic carbocycles. The average Bonchev–Trinajstić information content (AvgIpc) is 3.54. The molecule has 1 aliphatic rings. The fourth-order valence-corrected chi connectivity index (χ4v) is 4.36. The van der Waals surface area contributed by atoms with Gasteiger partial charge in [-0.05, 0) is 43.5 Å². The lowest BCUT2D eigenvalue weighted by molar-refractivity contribution is -0.117. The molecule has 0 radical (unpaired) electrons. The number of aryl methyl sites for hydroxylation is 1. The normalized spacial score (nSPS) is 13.4. The van der Waals surface area contributed by atoms with Gasteiger partial charge in [0.05, 0.1) is 33.9 Å². The summed E-state index contributed by atoms with van der Waals surface area (Å²) in [6, 6.07) is 8.91. The minimum absolute atomic E-state index is 0.00873. The number of hydrogen-bond acceptors (Lipinski definition) is 6. The molecular formula is C22H24N4O4S. The van der Waals surface area contributed by atoms with Crippen LogP contribution in [0.25, 0.3) is 10.9 Å². The first-order chi connectivity index (χ1) is 15.0. The molecule has 8 nitrogen and oxygen atoms in total. The van der Waals surface area contributed by atoms with Gasteiger partial charge in [0.1, 0.15) is 5.82 Å². The second-order valence-electron chi connectivity index (χ2n) is 7.64. The van der Waals surface area contributed by atoms with E-state index in [1.165, 1.54) is 11.3 Å². The number of thiophene rings is 1. The number of methoxy groups -OCH3 is 1. The van der Waals surface area contributed by atoms with Crippen LogP contribution in [0.4, 0.5) is 5.00 Å². The van der Waals surface area contributed by atoms with E-state index in [0.717, 1.165) is 18.4 Å². The molecule has 0 unspecified atom stereocenters. The molecule has 2 aromatic heterocycles. The average molecular weight is 441 g/mol. The van der Waals surface area contributed by atoms with Crippen molar-refractivity contribution >= 4 is 39.1 Å². The number of nitrogens with zero attached hydrogens (tertiary/aromatic N) is 2. The van der Waals surface area contributed by atoms with E-state index in [0.29, 0.717) is 39.8 Å². The fraction of sp³-hybridized carbons (Fsp3) is 0.364. The van der Waals surface area contributed by atoms with E-state index >= 15 is 0 Å². The Hall–Kier alpha value is -3.04. The van der Waals surface area contributed by atoms with E-state index in [2.05, 4.69) is 15.3 Å². The fourth-order valence-electron chi connectivity index (χ4n) is 3.31. The van der Waals surface area contributed by atoms with Gasteiger partial charge < -0.3 is 19.9 Å². The van der Waals surface area contributed by atoms with Crippen LogP contribution in [0.5, 0.6) is 0 Å². The maximum atomic E-state index is 13.3. The molecule has 2 N–H and O–H groups in total. The molecule has 1 aromatic carbocycles. The highest BCUT2D eigenvalue weighted by Crippen LogP contribution is 2.33. The Morgan fingerprint density at radius 2 is 2.10 bits per heavy atom. The molecule has 0 saturated heterocycles. The smallest absolute Gasteiger partial charge is 0.264 e. The van der Waals surface area contributed by atoms with E-state index < -0.39 is 0 Å². The van der Waals surface area contributed by atoms with Crippen LogP contribution < -0.4 is 10.9 Å². The van der Waals surface area contributed by atoms with Gasteiger partial charge in [-0.15, -0.1) is 11.3 Å². The number of rotatable bonds is 8. The standard InChI is InChI=1S/C22H24N4O4S/c1-13-11-18(25-20(27)14-7-8-14)31-19(13)22(29)26(9-10-30-2)12-17-23-16-6-4-3-5-15(16)21(28)24-17/h3-6,11,14H,7-10,12H2,1-2H3,(H,25,27)(H,23,24,28). The zero-order chi connectivity index (χ0) is 22.0. The van der Waals surface area contributed by atoms with E-state index in [1.54, 1.807) is 30.2 Å². The predicted octanol–water partition coefficient (Wildman–Crippen LogP) is 2.93. The van der Waals surface area contributed by atoms with Gasteiger partial charge in [-0.2, -0.15) is 0 Å². The highest BCUT2D eigenvalue weighted by Gasteiger charge is 2.30. The number of aromatic amines is 1. The van der Waals surface area contributed by atoms with Crippen LogP contribution >= 0.6 is 11.3 Å². The number of ether oxygens (including phenoxy) is 1. The predicted molar refractivity (Wildman–Crippen MR) is 119 cm³/mol. The van der Waals surface area contributed by atoms with Crippen molar-refractivity contribution in [2.75, 3.05) is 25.6 Å². The number of para-hydroxylation sites is 1. The van der Waals surface area contributed by atoms with E-state index in [9.17, 15) is 14.4 Å². The van der Waals surface area contributed by atoms with Crippen molar-refractivity contribution in [3.8, 4) is 0 Å². The van der Waals surface area contributed by atoms with Gasteiger partial charge in [0.2, 0.25) is 5.91 Å². The second kappa shape index (κ2) is 8.99. The number of carbonyl (C=O) groups is 2. The van der Waals surface area contributed by atoms with Crippen molar-refractivity contribution in [2.45, 2.75) is 26.3 Å². The van der Waals surface area contributed by atoms with Crippen LogP contribution in [0.2, 0.25) is 0 Å². The Balaban J connectivity index is 1.57. The highest BCUT2D eigenvalue weighted by atomic mass is 32.1. The highest BCUT2D eigenvalue weighted by molar-refractivity contribution is 7.18. The number of benzene rings is 1. The van der Waals surface area contributed by atoms with Crippen molar-refractivity contribution in [2.24, 2.45) is 5.92 Å². The monoisotopic (exact) mass is 440 g/mol. The summed E-state index contributed by atoms with van der Waals surface area (Å²) in [5, 5.41) is 4.08. The minimum atomic E-state index is -0.239. The van der Waals surface area contributed by atoms with Gasteiger partial charge in [0.25, 0.3) is 11.5 Å². The molecule has 0 bridgehead atoms. The van der Waals surface area contributed by atoms with Crippen LogP contribution in [0.15, 0.2) is 35.1 Å². The summed E-state index contributed by atoms with van der Waals surface area (Å²) in [6.07, 6.45) is 1.84. The molecule has 2 heterocycles. The van der Waals surface area contributed by atoms with Gasteiger partial charge in [0.15, 0.2) is 0 Å². The summed E-state index contributed by atoms with van der Waals surface area (Å²) >= 11 is 1.26. The van der Waals surface area contributed by atoms with Gasteiger partial charge in [-0.25, -0.2) is 4.98 Å². The van der Waals surface area contributed by atoms with Crippen molar-refractivity contribution in [1.29, 1.82) is 0 Å². The van der Waals surface area contributed by atoms with E-state index in [4.69, 9.17) is 4.74 Å². The summed E-state index contributed by atoms with van der Waals surface area (Å²) in [6.45, 7) is 2.68. The van der Waals surface area contributed by atoms with E-state index in [1.807, 2.05) is 19.1 Å². The number of H-pyrrole nitrogens is 1. The summed E-state index contributed by atoms with van der Waals surface area (Å²) < 4.78 is 5.17. The molecule has 9 heteroatoms. The van der Waals surface area contributed by atoms with Gasteiger partial charge in [-0.1, -0.05) is 12.1 Å². The summed E-state index contributed by atoms with van der Waals surface area (Å²) in [7, 11) is 1.57. The first-order valence-corrected chi connectivity index (χ1v) is 11.0. The summed E-state index contributed by atoms with van der Waals surface area (Å²) in [4.78, 5) is 47.2. The molecule has 0 atom stereocenters. The van der Waals surface area contributed by atoms with Crippen LogP contribution in [-0.4, -0.2) is 46.9 Å². The second-order valence-corrected chi connectivity index (χ2v) is 8.69. The maximum Gasteiger partial charge on any atom is 0.264 e. The van der Waals surface area contributed by atoms with Crippen LogP contribution in [-0.2, 0) is 16.1 Å². The number of anilines is 1. The molecule has 1 fully saturated rings. The van der Waals surface area contributed by atoms with Crippen LogP contribution in [0.1, 0.15) is 33.9 Å². The van der Waals surface area contributed by atoms with Gasteiger partial charge >= 0.3 is 0 Å². The number of aromatic nitrogens is 2. The summed E-state index contributed by atoms with van der Waals surface area (Å²) in [5.41, 5.74) is 1.14. The Labute approximate surface area is 183 Å². The topological polar surface area (TPSA) is 104 Å². The quantitative estimate of drug-likeness (QED) is 0.560. The first-order valence-electron chi connectivity index (χ1n) is 10.1. The lowest BCUT2D eigenvalue weighted by atomic mass is 10.2. The molecule has 2 amide bonds. The third kappa shape index (κ3) is 4.83. The molecule has 3 aromatic rings. The molecule has 4 rings (SSSR count). The number of fused-ring (bicyclic) bond motifs is 1. The SMILES string of the molecule is COCCN(Cc1nc2ccccc2c(=O)[nH]1)C(=O)c1sc(NC(=O)C2CC2)cc1C. The third-order valence-electron chi connectivity index (χ3n) is 5.16. The molecule has 31 heavy (non-hydrogen) atoms. The van der Waals surface area contributed by atoms with Crippen molar-refractivity contribution in [3.05, 3.63) is 57.0 Å². The third-order valence-corrected chi connectivity index (χ3v) is 6.30. The zero-order valence-electron chi connectivity index (χ0n) is 17.4. The van der Waals surface area contributed by atoms with Gasteiger partial charge in [-0.3, -0.25) is 14.4 Å². The Morgan fingerprint density at radius 1 is 1.32 bits per heavy atom. The number of hydrogen-bond donors (Lipinski definition) is 2. The molecule has 0 spiro atoms. The molecule has 0 aliphatic heterocycles. The van der Waals surface area contributed by atoms with Crippen LogP contribution in [0, 0.1) is 12.8 Å². The Kier molecular flexibility index (Phi) is 6.15. The molecule has 1 saturated carbocycles. The molecular weight excluding hydrogens is 416 g/mol. The Morgan fingerprint density at radius 3 is 2.84 bits per heavy atom. The summed E-state index contributed by atoms with van der Waals surface area (Å²) in [5.74, 6) is 0.317. The zero-order valence-corrected chi connectivity index (χ0v) is 18.3. The van der Waals surface area contributed by atoms with E-state index in [-0.39, 0.29) is 29.8 Å². The lowest BCUT2D eigenvalue weighted by Gasteiger charge is -2.21. The van der Waals surface area contributed by atoms with Crippen LogP contribution in [0.3, 0.4) is 0 Å². The van der Waals surface area contributed by atoms with Crippen molar-refractivity contribution in [3.63, 3.8) is 0 Å². The Bertz CT molecular complexity index is 1180. The maximum absolute atomic E-state index is 13.3. The van der Waals surface area contributed by atoms with Gasteiger partial charge in [0, 0.05) is 19.6 Å². The lowest BCUT2D eigenvalue weighted by Crippen LogP contribution is -2.34. The molecule has 162 valence electrons. The number of amides is 2. The number of nitrogens with one attached hydrogen (secondary N) is 2. The number of carbonyl (C=O) groups excluding carboxylic acids is 2. The first kappa shape index (κ1) is 21.2. The minimum Gasteiger partial charge on any atom is -0.383 e. The van der Waals surface area contributed by atoms with Crippen molar-refractivity contribution < 1.29 is 14.3 Å². The largest absolute Gasteiger partial charge is 0.383 e. The van der Waals surface area contributed by atoms with Crippen molar-refractivity contribution in [1.82, 2.24) is 14.9 Å².